The Labute approximate surface area is 182 Å². The van der Waals surface area contributed by atoms with Gasteiger partial charge in [-0.1, -0.05) is 35.5 Å². The van der Waals surface area contributed by atoms with Gasteiger partial charge in [0.15, 0.2) is 6.61 Å². The molecular weight excluding hydrogens is 422 g/mol. The van der Waals surface area contributed by atoms with Crippen molar-refractivity contribution in [3.8, 4) is 17.2 Å². The Kier molecular flexibility index (Phi) is 6.32. The van der Waals surface area contributed by atoms with Crippen LogP contribution in [0.25, 0.3) is 11.5 Å². The van der Waals surface area contributed by atoms with E-state index in [1.165, 1.54) is 6.39 Å². The molecule has 0 unspecified atom stereocenters. The van der Waals surface area contributed by atoms with Crippen LogP contribution in [-0.4, -0.2) is 22.7 Å². The number of para-hydroxylation sites is 1. The molecule has 1 amide bonds. The van der Waals surface area contributed by atoms with Crippen molar-refractivity contribution < 1.29 is 13.9 Å². The summed E-state index contributed by atoms with van der Waals surface area (Å²) in [4.78, 5) is 14.3. The number of benzene rings is 3. The second-order valence-electron chi connectivity index (χ2n) is 6.16. The van der Waals surface area contributed by atoms with E-state index in [0.29, 0.717) is 16.7 Å². The van der Waals surface area contributed by atoms with Crippen LogP contribution in [0.4, 0.5) is 5.69 Å². The quantitative estimate of drug-likeness (QED) is 0.408. The number of hydrogen-bond acceptors (Lipinski definition) is 6. The molecule has 0 saturated carbocycles. The lowest BCUT2D eigenvalue weighted by atomic mass is 10.2. The Morgan fingerprint density at radius 1 is 1.03 bits per heavy atom. The Bertz CT molecular complexity index is 1120. The number of rotatable bonds is 7. The number of carbonyl (C=O) groups is 1. The Balaban J connectivity index is 1.35. The highest BCUT2D eigenvalue weighted by Gasteiger charge is 2.10. The fourth-order valence-electron chi connectivity index (χ4n) is 2.62. The number of hydrogen-bond donors (Lipinski definition) is 1. The molecule has 1 N–H and O–H groups in total. The molecule has 8 heteroatoms. The Morgan fingerprint density at radius 3 is 2.53 bits per heavy atom. The molecule has 0 radical (unpaired) electrons. The van der Waals surface area contributed by atoms with Gasteiger partial charge in [0.25, 0.3) is 5.91 Å². The number of aromatic nitrogens is 2. The minimum Gasteiger partial charge on any atom is -0.484 e. The molecule has 0 aliphatic rings. The van der Waals surface area contributed by atoms with Crippen LogP contribution in [0.3, 0.4) is 0 Å². The molecule has 0 aliphatic heterocycles. The van der Waals surface area contributed by atoms with Gasteiger partial charge >= 0.3 is 0 Å². The topological polar surface area (TPSA) is 77.2 Å². The fraction of sp³-hybridized carbons (Fsp3) is 0.0455. The molecule has 3 aromatic carbocycles. The minimum absolute atomic E-state index is 0.111. The Hall–Kier alpha value is -3.29. The first kappa shape index (κ1) is 20.0. The van der Waals surface area contributed by atoms with Gasteiger partial charge < -0.3 is 14.5 Å². The summed E-state index contributed by atoms with van der Waals surface area (Å²) in [5.74, 6) is 0.742. The number of nitrogens with zero attached hydrogens (tertiary/aromatic N) is 2. The third kappa shape index (κ3) is 5.20. The molecule has 0 saturated heterocycles. The molecule has 0 fully saturated rings. The van der Waals surface area contributed by atoms with Gasteiger partial charge in [0.05, 0.1) is 5.69 Å². The van der Waals surface area contributed by atoms with Crippen molar-refractivity contribution in [1.29, 1.82) is 0 Å². The van der Waals surface area contributed by atoms with E-state index in [1.54, 1.807) is 36.0 Å². The van der Waals surface area contributed by atoms with Crippen LogP contribution in [0.5, 0.6) is 5.75 Å². The van der Waals surface area contributed by atoms with Crippen LogP contribution in [0.1, 0.15) is 0 Å². The summed E-state index contributed by atoms with van der Waals surface area (Å²) in [6.07, 6.45) is 1.27. The van der Waals surface area contributed by atoms with E-state index >= 15 is 0 Å². The van der Waals surface area contributed by atoms with Gasteiger partial charge in [-0.05, 0) is 60.7 Å². The fourth-order valence-corrected chi connectivity index (χ4v) is 3.64. The van der Waals surface area contributed by atoms with Crippen LogP contribution in [0.15, 0.2) is 93.4 Å². The SMILES string of the molecule is O=C(COc1ccc(-c2nnco2)cc1)Nc1ccccc1Sc1ccc(Cl)cc1. The second-order valence-corrected chi connectivity index (χ2v) is 7.71. The highest BCUT2D eigenvalue weighted by Crippen LogP contribution is 2.33. The largest absolute Gasteiger partial charge is 0.484 e. The summed E-state index contributed by atoms with van der Waals surface area (Å²) < 4.78 is 10.7. The van der Waals surface area contributed by atoms with Gasteiger partial charge in [-0.15, -0.1) is 10.2 Å². The third-order valence-corrected chi connectivity index (χ3v) is 5.37. The molecular formula is C22H16ClN3O3S. The van der Waals surface area contributed by atoms with Crippen molar-refractivity contribution in [3.05, 3.63) is 84.2 Å². The molecule has 0 atom stereocenters. The number of nitrogens with one attached hydrogen (secondary N) is 1. The lowest BCUT2D eigenvalue weighted by Gasteiger charge is -2.11. The summed E-state index contributed by atoms with van der Waals surface area (Å²) in [5.41, 5.74) is 1.50. The van der Waals surface area contributed by atoms with Gasteiger partial charge in [0, 0.05) is 20.4 Å². The molecule has 6 nitrogen and oxygen atoms in total. The zero-order valence-corrected chi connectivity index (χ0v) is 17.2. The zero-order valence-electron chi connectivity index (χ0n) is 15.6. The van der Waals surface area contributed by atoms with Gasteiger partial charge in [0.2, 0.25) is 12.3 Å². The van der Waals surface area contributed by atoms with Crippen LogP contribution in [0, 0.1) is 0 Å². The summed E-state index contributed by atoms with van der Waals surface area (Å²) >= 11 is 7.49. The lowest BCUT2D eigenvalue weighted by molar-refractivity contribution is -0.118. The summed E-state index contributed by atoms with van der Waals surface area (Å²) in [5, 5.41) is 11.1. The normalized spacial score (nSPS) is 10.6. The van der Waals surface area contributed by atoms with Crippen LogP contribution < -0.4 is 10.1 Å². The summed E-state index contributed by atoms with van der Waals surface area (Å²) in [7, 11) is 0. The number of halogens is 1. The van der Waals surface area contributed by atoms with Crippen molar-refractivity contribution >= 4 is 35.0 Å². The van der Waals surface area contributed by atoms with E-state index < -0.39 is 0 Å². The van der Waals surface area contributed by atoms with Crippen LogP contribution >= 0.6 is 23.4 Å². The Morgan fingerprint density at radius 2 is 1.80 bits per heavy atom. The average Bonchev–Trinajstić information content (AvgIpc) is 3.31. The van der Waals surface area contributed by atoms with Gasteiger partial charge in [-0.2, -0.15) is 0 Å². The second kappa shape index (κ2) is 9.47. The zero-order chi connectivity index (χ0) is 20.8. The molecule has 4 rings (SSSR count). The number of amides is 1. The molecule has 0 spiro atoms. The maximum atomic E-state index is 12.4. The first-order chi connectivity index (χ1) is 14.7. The van der Waals surface area contributed by atoms with Crippen molar-refractivity contribution in [2.75, 3.05) is 11.9 Å². The molecule has 4 aromatic rings. The van der Waals surface area contributed by atoms with Crippen molar-refractivity contribution in [2.24, 2.45) is 0 Å². The van der Waals surface area contributed by atoms with Crippen LogP contribution in [0.2, 0.25) is 5.02 Å². The van der Waals surface area contributed by atoms with E-state index in [-0.39, 0.29) is 12.5 Å². The predicted octanol–water partition coefficient (Wildman–Crippen LogP) is 5.56. The lowest BCUT2D eigenvalue weighted by Crippen LogP contribution is -2.20. The van der Waals surface area contributed by atoms with Crippen molar-refractivity contribution in [3.63, 3.8) is 0 Å². The van der Waals surface area contributed by atoms with Crippen molar-refractivity contribution in [1.82, 2.24) is 10.2 Å². The van der Waals surface area contributed by atoms with E-state index in [9.17, 15) is 4.79 Å². The van der Waals surface area contributed by atoms with E-state index in [1.807, 2.05) is 48.5 Å². The number of carbonyl (C=O) groups excluding carboxylic acids is 1. The maximum absolute atomic E-state index is 12.4. The first-order valence-corrected chi connectivity index (χ1v) is 10.2. The van der Waals surface area contributed by atoms with E-state index in [4.69, 9.17) is 20.8 Å². The number of anilines is 1. The van der Waals surface area contributed by atoms with Gasteiger partial charge in [-0.3, -0.25) is 4.79 Å². The summed E-state index contributed by atoms with van der Waals surface area (Å²) in [6.45, 7) is -0.111. The first-order valence-electron chi connectivity index (χ1n) is 8.99. The monoisotopic (exact) mass is 437 g/mol. The third-order valence-electron chi connectivity index (χ3n) is 4.03. The molecule has 0 aliphatic carbocycles. The van der Waals surface area contributed by atoms with Gasteiger partial charge in [-0.25, -0.2) is 0 Å². The molecule has 30 heavy (non-hydrogen) atoms. The minimum atomic E-state index is -0.250. The molecule has 1 aromatic heterocycles. The van der Waals surface area contributed by atoms with Crippen LogP contribution in [-0.2, 0) is 4.79 Å². The maximum Gasteiger partial charge on any atom is 0.262 e. The standard InChI is InChI=1S/C22H16ClN3O3S/c23-16-7-11-18(12-8-16)30-20-4-2-1-3-19(20)25-21(27)13-28-17-9-5-15(6-10-17)22-26-24-14-29-22/h1-12,14H,13H2,(H,25,27). The smallest absolute Gasteiger partial charge is 0.262 e. The van der Waals surface area contributed by atoms with E-state index in [0.717, 1.165) is 21.0 Å². The van der Waals surface area contributed by atoms with E-state index in [2.05, 4.69) is 15.5 Å². The van der Waals surface area contributed by atoms with Gasteiger partial charge in [0.1, 0.15) is 5.75 Å². The molecule has 150 valence electrons. The average molecular weight is 438 g/mol. The molecule has 0 bridgehead atoms. The highest BCUT2D eigenvalue weighted by molar-refractivity contribution is 7.99. The van der Waals surface area contributed by atoms with Crippen molar-refractivity contribution in [2.45, 2.75) is 9.79 Å². The summed E-state index contributed by atoms with van der Waals surface area (Å²) in [6, 6.07) is 22.2. The molecule has 1 heterocycles. The highest BCUT2D eigenvalue weighted by atomic mass is 35.5. The number of ether oxygens (including phenoxy) is 1. The predicted molar refractivity (Wildman–Crippen MR) is 116 cm³/mol.